The SMILES string of the molecule is Cc1cc(C(=O)N[C@H](CC(C)C)C(=O)O)cc(Cl)n1. The van der Waals surface area contributed by atoms with E-state index in [4.69, 9.17) is 16.7 Å². The average molecular weight is 285 g/mol. The van der Waals surface area contributed by atoms with E-state index in [1.807, 2.05) is 13.8 Å². The summed E-state index contributed by atoms with van der Waals surface area (Å²) < 4.78 is 0. The van der Waals surface area contributed by atoms with Gasteiger partial charge in [0.25, 0.3) is 5.91 Å². The van der Waals surface area contributed by atoms with Gasteiger partial charge in [-0.2, -0.15) is 0 Å². The van der Waals surface area contributed by atoms with Crippen LogP contribution in [-0.2, 0) is 4.79 Å². The monoisotopic (exact) mass is 284 g/mol. The van der Waals surface area contributed by atoms with Crippen LogP contribution in [0, 0.1) is 12.8 Å². The Morgan fingerprint density at radius 2 is 2.05 bits per heavy atom. The van der Waals surface area contributed by atoms with E-state index in [-0.39, 0.29) is 11.1 Å². The Morgan fingerprint density at radius 1 is 1.42 bits per heavy atom. The van der Waals surface area contributed by atoms with Gasteiger partial charge in [-0.05, 0) is 31.4 Å². The van der Waals surface area contributed by atoms with Crippen LogP contribution in [0.25, 0.3) is 0 Å². The zero-order valence-corrected chi connectivity index (χ0v) is 11.9. The van der Waals surface area contributed by atoms with E-state index in [0.29, 0.717) is 17.7 Å². The van der Waals surface area contributed by atoms with Crippen LogP contribution >= 0.6 is 11.6 Å². The number of amides is 1. The highest BCUT2D eigenvalue weighted by molar-refractivity contribution is 6.29. The maximum atomic E-state index is 12.0. The topological polar surface area (TPSA) is 79.3 Å². The molecule has 0 unspecified atom stereocenters. The minimum atomic E-state index is -1.04. The highest BCUT2D eigenvalue weighted by atomic mass is 35.5. The molecule has 0 aliphatic carbocycles. The zero-order chi connectivity index (χ0) is 14.6. The van der Waals surface area contributed by atoms with Gasteiger partial charge in [-0.15, -0.1) is 0 Å². The number of rotatable bonds is 5. The van der Waals surface area contributed by atoms with Crippen molar-refractivity contribution in [3.63, 3.8) is 0 Å². The van der Waals surface area contributed by atoms with Gasteiger partial charge in [0.05, 0.1) is 0 Å². The molecule has 0 spiro atoms. The molecule has 1 rings (SSSR count). The second kappa shape index (κ2) is 6.52. The number of nitrogens with one attached hydrogen (secondary N) is 1. The van der Waals surface area contributed by atoms with Gasteiger partial charge in [0.2, 0.25) is 0 Å². The van der Waals surface area contributed by atoms with Crippen LogP contribution in [0.5, 0.6) is 0 Å². The van der Waals surface area contributed by atoms with Crippen molar-refractivity contribution in [3.8, 4) is 0 Å². The number of aryl methyl sites for hydroxylation is 1. The first kappa shape index (κ1) is 15.4. The van der Waals surface area contributed by atoms with Crippen molar-refractivity contribution in [1.29, 1.82) is 0 Å². The molecule has 0 aliphatic heterocycles. The number of carbonyl (C=O) groups is 2. The van der Waals surface area contributed by atoms with Crippen molar-refractivity contribution in [2.45, 2.75) is 33.2 Å². The average Bonchev–Trinajstić information content (AvgIpc) is 2.25. The summed E-state index contributed by atoms with van der Waals surface area (Å²) in [6.45, 7) is 5.51. The molecule has 1 atom stereocenters. The smallest absolute Gasteiger partial charge is 0.326 e. The first-order valence-corrected chi connectivity index (χ1v) is 6.35. The summed E-state index contributed by atoms with van der Waals surface area (Å²) in [6.07, 6.45) is 0.374. The van der Waals surface area contributed by atoms with Crippen molar-refractivity contribution >= 4 is 23.5 Å². The molecule has 5 nitrogen and oxygen atoms in total. The van der Waals surface area contributed by atoms with Crippen LogP contribution in [0.2, 0.25) is 5.15 Å². The number of hydrogen-bond donors (Lipinski definition) is 2. The molecular weight excluding hydrogens is 268 g/mol. The normalized spacial score (nSPS) is 12.3. The predicted molar refractivity (Wildman–Crippen MR) is 72.3 cm³/mol. The second-order valence-corrected chi connectivity index (χ2v) is 5.20. The quantitative estimate of drug-likeness (QED) is 0.813. The number of carboxylic acid groups (broad SMARTS) is 1. The predicted octanol–water partition coefficient (Wildman–Crippen LogP) is 2.27. The fourth-order valence-electron chi connectivity index (χ4n) is 1.69. The minimum Gasteiger partial charge on any atom is -0.480 e. The summed E-state index contributed by atoms with van der Waals surface area (Å²) in [6, 6.07) is 2.08. The van der Waals surface area contributed by atoms with Crippen LogP contribution in [-0.4, -0.2) is 28.0 Å². The van der Waals surface area contributed by atoms with E-state index in [1.165, 1.54) is 6.07 Å². The molecule has 0 aliphatic rings. The highest BCUT2D eigenvalue weighted by Crippen LogP contribution is 2.12. The lowest BCUT2D eigenvalue weighted by Crippen LogP contribution is -2.41. The molecule has 1 heterocycles. The first-order valence-electron chi connectivity index (χ1n) is 5.97. The van der Waals surface area contributed by atoms with Crippen molar-refractivity contribution < 1.29 is 14.7 Å². The molecule has 0 saturated heterocycles. The van der Waals surface area contributed by atoms with E-state index in [1.54, 1.807) is 13.0 Å². The summed E-state index contributed by atoms with van der Waals surface area (Å²) in [7, 11) is 0. The third-order valence-corrected chi connectivity index (χ3v) is 2.69. The number of aliphatic carboxylic acids is 1. The minimum absolute atomic E-state index is 0.171. The Bertz CT molecular complexity index is 469. The van der Waals surface area contributed by atoms with Gasteiger partial charge in [0, 0.05) is 11.3 Å². The molecule has 1 aromatic rings. The van der Waals surface area contributed by atoms with Crippen molar-refractivity contribution in [3.05, 3.63) is 28.5 Å². The molecule has 1 aromatic heterocycles. The van der Waals surface area contributed by atoms with Gasteiger partial charge in [0.1, 0.15) is 11.2 Å². The fraction of sp³-hybridized carbons (Fsp3) is 0.462. The summed E-state index contributed by atoms with van der Waals surface area (Å²) in [5.74, 6) is -1.33. The third-order valence-electron chi connectivity index (χ3n) is 2.49. The molecular formula is C13H17ClN2O3. The molecule has 2 N–H and O–H groups in total. The maximum Gasteiger partial charge on any atom is 0.326 e. The van der Waals surface area contributed by atoms with Gasteiger partial charge in [0.15, 0.2) is 0 Å². The van der Waals surface area contributed by atoms with Crippen molar-refractivity contribution in [1.82, 2.24) is 10.3 Å². The molecule has 0 saturated carbocycles. The first-order chi connectivity index (χ1) is 8.79. The number of hydrogen-bond acceptors (Lipinski definition) is 3. The number of carboxylic acids is 1. The number of halogens is 1. The molecule has 0 fully saturated rings. The molecule has 0 bridgehead atoms. The van der Waals surface area contributed by atoms with Crippen LogP contribution in [0.3, 0.4) is 0 Å². The van der Waals surface area contributed by atoms with Crippen molar-refractivity contribution in [2.24, 2.45) is 5.92 Å². The van der Waals surface area contributed by atoms with E-state index >= 15 is 0 Å². The Kier molecular flexibility index (Phi) is 5.30. The summed E-state index contributed by atoms with van der Waals surface area (Å²) in [4.78, 5) is 27.0. The Balaban J connectivity index is 2.84. The number of carbonyl (C=O) groups excluding carboxylic acids is 1. The third kappa shape index (κ3) is 4.87. The second-order valence-electron chi connectivity index (χ2n) is 4.81. The number of nitrogens with zero attached hydrogens (tertiary/aromatic N) is 1. The van der Waals surface area contributed by atoms with Gasteiger partial charge in [-0.25, -0.2) is 9.78 Å². The molecule has 0 aromatic carbocycles. The maximum absolute atomic E-state index is 12.0. The van der Waals surface area contributed by atoms with Gasteiger partial charge in [-0.3, -0.25) is 4.79 Å². The van der Waals surface area contributed by atoms with E-state index < -0.39 is 17.9 Å². The number of pyridine rings is 1. The van der Waals surface area contributed by atoms with E-state index in [9.17, 15) is 9.59 Å². The summed E-state index contributed by atoms with van der Waals surface area (Å²) in [5.41, 5.74) is 0.917. The lowest BCUT2D eigenvalue weighted by atomic mass is 10.0. The lowest BCUT2D eigenvalue weighted by molar-refractivity contribution is -0.139. The van der Waals surface area contributed by atoms with Crippen LogP contribution in [0.4, 0.5) is 0 Å². The van der Waals surface area contributed by atoms with Gasteiger partial charge in [-0.1, -0.05) is 25.4 Å². The summed E-state index contributed by atoms with van der Waals surface area (Å²) in [5, 5.41) is 11.8. The fourth-order valence-corrected chi connectivity index (χ4v) is 1.94. The zero-order valence-electron chi connectivity index (χ0n) is 11.1. The Morgan fingerprint density at radius 3 is 2.53 bits per heavy atom. The Labute approximate surface area is 117 Å². The molecule has 6 heteroatoms. The molecule has 104 valence electrons. The number of aromatic nitrogens is 1. The van der Waals surface area contributed by atoms with Crippen LogP contribution in [0.1, 0.15) is 36.3 Å². The van der Waals surface area contributed by atoms with Crippen LogP contribution < -0.4 is 5.32 Å². The largest absolute Gasteiger partial charge is 0.480 e. The van der Waals surface area contributed by atoms with Crippen LogP contribution in [0.15, 0.2) is 12.1 Å². The highest BCUT2D eigenvalue weighted by Gasteiger charge is 2.22. The summed E-state index contributed by atoms with van der Waals surface area (Å²) >= 11 is 5.77. The molecule has 19 heavy (non-hydrogen) atoms. The standard InChI is InChI=1S/C13H17ClN2O3/c1-7(2)4-10(13(18)19)16-12(17)9-5-8(3)15-11(14)6-9/h5-7,10H,4H2,1-3H3,(H,16,17)(H,18,19)/t10-/m1/s1. The Hall–Kier alpha value is -1.62. The van der Waals surface area contributed by atoms with Gasteiger partial charge >= 0.3 is 5.97 Å². The molecule has 1 amide bonds. The van der Waals surface area contributed by atoms with Gasteiger partial charge < -0.3 is 10.4 Å². The van der Waals surface area contributed by atoms with E-state index in [2.05, 4.69) is 10.3 Å². The molecule has 0 radical (unpaired) electrons. The van der Waals surface area contributed by atoms with E-state index in [0.717, 1.165) is 0 Å². The van der Waals surface area contributed by atoms with Crippen molar-refractivity contribution in [2.75, 3.05) is 0 Å². The lowest BCUT2D eigenvalue weighted by Gasteiger charge is -2.16.